The van der Waals surface area contributed by atoms with Gasteiger partial charge in [0.1, 0.15) is 0 Å². The van der Waals surface area contributed by atoms with Gasteiger partial charge in [-0.3, -0.25) is 5.41 Å². The summed E-state index contributed by atoms with van der Waals surface area (Å²) in [4.78, 5) is 0.231. The molecule has 0 aromatic heterocycles. The Morgan fingerprint density at radius 2 is 1.77 bits per heavy atom. The van der Waals surface area contributed by atoms with E-state index in [1.54, 1.807) is 19.1 Å². The Morgan fingerprint density at radius 1 is 1.14 bits per heavy atom. The second kappa shape index (κ2) is 13.2. The van der Waals surface area contributed by atoms with Crippen molar-refractivity contribution in [3.05, 3.63) is 64.4 Å². The van der Waals surface area contributed by atoms with Gasteiger partial charge in [0, 0.05) is 43.7 Å². The summed E-state index contributed by atoms with van der Waals surface area (Å²) in [5, 5.41) is 21.7. The molecule has 0 bridgehead atoms. The number of hydrogen-bond donors (Lipinski definition) is 2. The van der Waals surface area contributed by atoms with Gasteiger partial charge in [-0.05, 0) is 43.3 Å². The zero-order valence-corrected chi connectivity index (χ0v) is 27.6. The van der Waals surface area contributed by atoms with E-state index in [4.69, 9.17) is 26.3 Å². The number of halogens is 1. The monoisotopic (exact) mass is 737 g/mol. The Balaban J connectivity index is 0.00000167. The molecule has 0 spiro atoms. The van der Waals surface area contributed by atoms with Crippen molar-refractivity contribution < 1.29 is 33.3 Å². The zero-order valence-electron chi connectivity index (χ0n) is 18.9. The molecule has 1 fully saturated rings. The van der Waals surface area contributed by atoms with Gasteiger partial charge >= 0.3 is 33.1 Å². The summed E-state index contributed by atoms with van der Waals surface area (Å²) in [6, 6.07) is 15.7. The normalized spacial score (nSPS) is 18.3. The topological polar surface area (TPSA) is 114 Å². The Hall–Kier alpha value is -1.41. The van der Waals surface area contributed by atoms with Gasteiger partial charge in [0.25, 0.3) is 0 Å². The molecule has 2 aliphatic rings. The Kier molecular flexibility index (Phi) is 10.6. The molecule has 180 valence electrons. The first-order chi connectivity index (χ1) is 16.9. The van der Waals surface area contributed by atoms with E-state index >= 15 is 0 Å². The second-order valence-corrected chi connectivity index (χ2v) is 10.6. The Bertz CT molecular complexity index is 1230. The third kappa shape index (κ3) is 6.88. The van der Waals surface area contributed by atoms with E-state index in [2.05, 4.69) is 20.1 Å². The summed E-state index contributed by atoms with van der Waals surface area (Å²) in [7, 11) is 1.32. The molecule has 9 nitrogen and oxygen atoms in total. The fourth-order valence-electron chi connectivity index (χ4n) is 3.40. The number of piperazine rings is 1. The molecule has 2 aromatic rings. The molecule has 0 radical (unpaired) electrons. The molecule has 4 rings (SSSR count). The molecular formula is C21H22ClHgN7O2S3. The van der Waals surface area contributed by atoms with Crippen LogP contribution in [0.3, 0.4) is 0 Å². The van der Waals surface area contributed by atoms with Crippen LogP contribution in [-0.4, -0.2) is 50.4 Å². The van der Waals surface area contributed by atoms with Crippen LogP contribution < -0.4 is 10.3 Å². The number of benzene rings is 2. The van der Waals surface area contributed by atoms with E-state index in [0.717, 1.165) is 17.6 Å². The van der Waals surface area contributed by atoms with Crippen molar-refractivity contribution in [2.24, 2.45) is 14.7 Å². The maximum absolute atomic E-state index is 12.7. The van der Waals surface area contributed by atoms with Crippen LogP contribution in [0.2, 0.25) is 0 Å². The van der Waals surface area contributed by atoms with Crippen molar-refractivity contribution in [2.45, 2.75) is 11.8 Å². The summed E-state index contributed by atoms with van der Waals surface area (Å²) < 4.78 is 31.4. The first-order valence-electron chi connectivity index (χ1n) is 10.4. The molecule has 0 saturated carbocycles. The standard InChI is InChI=1S/C21H23N7O2S3.ClH.Hg/c1-15-19(20(22)28(25-15)17-5-3-2-4-6-17)21(31)32-26-24-16-7-9-18(10-8-16)33(29,30)27-13-11-23-12-14-27;;/h2-10,22-23,31H,11-14H2,1H3;1H;/q;;+2/p-2/b21-19-,22-20?,26-24?;;. The first kappa shape index (κ1) is 28.2. The number of hydrazone groups is 1. The Morgan fingerprint density at radius 3 is 2.40 bits per heavy atom. The molecule has 0 unspecified atom stereocenters. The third-order valence-corrected chi connectivity index (χ3v) is 7.97. The van der Waals surface area contributed by atoms with E-state index in [0.29, 0.717) is 72.3 Å². The van der Waals surface area contributed by atoms with Crippen LogP contribution in [0.4, 0.5) is 11.4 Å². The van der Waals surface area contributed by atoms with Crippen LogP contribution in [-0.2, 0) is 47.5 Å². The van der Waals surface area contributed by atoms with Gasteiger partial charge in [0.2, 0.25) is 10.0 Å². The number of amidine groups is 1. The fraction of sp³-hybridized carbons (Fsp3) is 0.238. The van der Waals surface area contributed by atoms with Crippen molar-refractivity contribution in [1.82, 2.24) is 9.62 Å². The third-order valence-electron chi connectivity index (χ3n) is 5.10. The molecule has 0 amide bonds. The van der Waals surface area contributed by atoms with Crippen LogP contribution in [0.15, 0.2) is 84.0 Å². The number of sulfonamides is 1. The van der Waals surface area contributed by atoms with E-state index in [9.17, 15) is 8.42 Å². The number of hydrogen-bond acceptors (Lipinski definition) is 9. The van der Waals surface area contributed by atoms with E-state index in [-0.39, 0.29) is 10.7 Å². The number of rotatable bonds is 6. The predicted molar refractivity (Wildman–Crippen MR) is 140 cm³/mol. The first-order valence-corrected chi connectivity index (χ1v) is 19.8. The summed E-state index contributed by atoms with van der Waals surface area (Å²) in [5.41, 5.74) is 2.46. The molecule has 2 heterocycles. The van der Waals surface area contributed by atoms with E-state index in [1.807, 2.05) is 30.3 Å². The summed E-state index contributed by atoms with van der Waals surface area (Å²) in [6.45, 7) is 4.00. The van der Waals surface area contributed by atoms with E-state index in [1.165, 1.54) is 21.4 Å². The van der Waals surface area contributed by atoms with Crippen molar-refractivity contribution in [3.8, 4) is 0 Å². The fourth-order valence-corrected chi connectivity index (χ4v) is 5.73. The summed E-state index contributed by atoms with van der Waals surface area (Å²) in [6.07, 6.45) is 0. The van der Waals surface area contributed by atoms with E-state index < -0.39 is 10.0 Å². The number of anilines is 1. The zero-order chi connectivity index (χ0) is 25.4. The van der Waals surface area contributed by atoms with Crippen molar-refractivity contribution in [1.29, 1.82) is 5.41 Å². The average Bonchev–Trinajstić information content (AvgIpc) is 3.20. The Labute approximate surface area is 234 Å². The maximum atomic E-state index is 12.7. The molecule has 0 aliphatic carbocycles. The molecule has 14 heteroatoms. The summed E-state index contributed by atoms with van der Waals surface area (Å²) >= 11 is 6.94. The molecule has 1 saturated heterocycles. The molecular weight excluding hydrogens is 715 g/mol. The molecule has 2 aromatic carbocycles. The van der Waals surface area contributed by atoms with Gasteiger partial charge < -0.3 is 17.9 Å². The van der Waals surface area contributed by atoms with Gasteiger partial charge in [-0.2, -0.15) is 9.41 Å². The van der Waals surface area contributed by atoms with Gasteiger partial charge in [0.15, 0.2) is 5.84 Å². The quantitative estimate of drug-likeness (QED) is 0.198. The minimum atomic E-state index is -3.51. The van der Waals surface area contributed by atoms with Gasteiger partial charge in [-0.25, -0.2) is 13.4 Å². The van der Waals surface area contributed by atoms with Crippen LogP contribution in [0.25, 0.3) is 0 Å². The van der Waals surface area contributed by atoms with Gasteiger partial charge in [0.05, 0.1) is 22.0 Å². The average molecular weight is 737 g/mol. The molecule has 0 atom stereocenters. The van der Waals surface area contributed by atoms with Gasteiger partial charge in [-0.1, -0.05) is 18.2 Å². The van der Waals surface area contributed by atoms with Crippen molar-refractivity contribution >= 4 is 65.8 Å². The predicted octanol–water partition coefficient (Wildman–Crippen LogP) is 4.33. The van der Waals surface area contributed by atoms with Gasteiger partial charge in [-0.15, -0.1) is 13.9 Å². The minimum absolute atomic E-state index is 0.189. The van der Waals surface area contributed by atoms with Crippen LogP contribution in [0.1, 0.15) is 6.92 Å². The van der Waals surface area contributed by atoms with Crippen LogP contribution >= 0.6 is 20.2 Å². The van der Waals surface area contributed by atoms with Crippen LogP contribution in [0.5, 0.6) is 0 Å². The van der Waals surface area contributed by atoms with Crippen LogP contribution in [0, 0.1) is 5.41 Å². The summed E-state index contributed by atoms with van der Waals surface area (Å²) in [5.74, 6) is 0.189. The molecule has 35 heavy (non-hydrogen) atoms. The number of nitrogens with zero attached hydrogens (tertiary/aromatic N) is 5. The SMILES string of the molecule is CC1=NN(c2ccccc2)C(=N)/C1=C(/[S-])SN=Nc1ccc(S(=O)(=O)N2CCNCC2)cc1.[Cl][Hg+]. The van der Waals surface area contributed by atoms with Crippen molar-refractivity contribution in [2.75, 3.05) is 31.2 Å². The number of nitrogens with one attached hydrogen (secondary N) is 2. The second-order valence-electron chi connectivity index (χ2n) is 7.26. The van der Waals surface area contributed by atoms with Crippen molar-refractivity contribution in [3.63, 3.8) is 0 Å². The number of para-hydroxylation sites is 1. The molecule has 2 aliphatic heterocycles. The molecule has 2 N–H and O–H groups in total.